The molecule has 0 rings (SSSR count). The van der Waals surface area contributed by atoms with E-state index in [1.54, 1.807) is 6.92 Å². The molecule has 0 N–H and O–H groups in total. The third kappa shape index (κ3) is 1560. The van der Waals surface area contributed by atoms with Crippen LogP contribution in [0.25, 0.3) is 0 Å². The van der Waals surface area contributed by atoms with Crippen LogP contribution in [0.15, 0.2) is 0 Å². The summed E-state index contributed by atoms with van der Waals surface area (Å²) in [6.45, 7) is 1.65. The minimum Gasteiger partial charge on any atom is -0.269 e. The molecule has 5 radical (unpaired) electrons. The van der Waals surface area contributed by atoms with Crippen LogP contribution in [0.2, 0.25) is 0 Å². The summed E-state index contributed by atoms with van der Waals surface area (Å²) in [5.74, 6) is 2.25. The Balaban J connectivity index is -0.00000000418. The van der Waals surface area contributed by atoms with Crippen LogP contribution in [0.5, 0.6) is 0 Å². The maximum atomic E-state index is 8.00. The Bertz CT molecular complexity index is 59.3. The molecule has 63 valence electrons. The second-order valence-corrected chi connectivity index (χ2v) is 0.481. The van der Waals surface area contributed by atoms with Crippen LogP contribution in [0, 0.1) is 12.3 Å². The summed E-state index contributed by atoms with van der Waals surface area (Å²) in [6, 6.07) is 0. The van der Waals surface area contributed by atoms with E-state index >= 15 is 0 Å². The molecule has 0 aliphatic rings. The second-order valence-electron chi connectivity index (χ2n) is 0.481. The SMILES string of the molecule is C.C#CC.F.FF.[2HH].[2H][2H].[B][B][B].[HH].[HH]. The number of terminal acetylenes is 1. The predicted octanol–water partition coefficient (Wildman–Crippen LogP) is 2.11. The Morgan fingerprint density at radius 2 is 1.70 bits per heavy atom. The van der Waals surface area contributed by atoms with Crippen LogP contribution >= 0.6 is 0 Å². The summed E-state index contributed by atoms with van der Waals surface area (Å²) in [5, 5.41) is 0. The first-order chi connectivity index (χ1) is 4.83. The summed E-state index contributed by atoms with van der Waals surface area (Å²) < 4.78 is 26.0. The molecule has 0 aliphatic heterocycles. The van der Waals surface area contributed by atoms with Gasteiger partial charge in [-0.3, -0.25) is 4.70 Å². The van der Waals surface area contributed by atoms with Crippen molar-refractivity contribution in [2.45, 2.75) is 14.4 Å². The van der Waals surface area contributed by atoms with Gasteiger partial charge in [0.05, 0.1) is 0 Å². The van der Waals surface area contributed by atoms with Crippen LogP contribution in [-0.2, 0) is 0 Å². The minimum absolute atomic E-state index is 0. The Morgan fingerprint density at radius 3 is 1.70 bits per heavy atom. The van der Waals surface area contributed by atoms with E-state index in [0.29, 0.717) is 0 Å². The average Bonchev–Trinajstić information content (AvgIpc) is 1.99. The number of hydrogen-bond donors (Lipinski definition) is 0. The van der Waals surface area contributed by atoms with Crippen LogP contribution in [0.1, 0.15) is 21.6 Å². The van der Waals surface area contributed by atoms with Crippen LogP contribution in [0.3, 0.4) is 0 Å². The summed E-state index contributed by atoms with van der Waals surface area (Å²) >= 11 is 0. The van der Waals surface area contributed by atoms with Crippen molar-refractivity contribution in [1.82, 2.24) is 0 Å². The third-order valence-electron chi connectivity index (χ3n) is 0. The molecule has 0 aromatic rings. The van der Waals surface area contributed by atoms with Gasteiger partial charge in [-0.2, -0.15) is 0 Å². The summed E-state index contributed by atoms with van der Waals surface area (Å²) in [5.41, 5.74) is 0. The van der Waals surface area contributed by atoms with E-state index in [-0.39, 0.29) is 16.4 Å². The molecule has 10 heavy (non-hydrogen) atoms. The zero-order chi connectivity index (χ0) is 9.41. The molecule has 0 saturated carbocycles. The van der Waals surface area contributed by atoms with E-state index in [1.807, 2.05) is 0 Å². The van der Waals surface area contributed by atoms with Gasteiger partial charge in [0.2, 0.25) is 0 Å². The van der Waals surface area contributed by atoms with E-state index in [2.05, 4.69) is 27.8 Å². The third-order valence-corrected chi connectivity index (χ3v) is 0. The summed E-state index contributed by atoms with van der Waals surface area (Å²) in [6.07, 6.45) is 4.60. The highest BCUT2D eigenvalue weighted by Gasteiger charge is 1.41. The molecule has 0 atom stereocenters. The van der Waals surface area contributed by atoms with Gasteiger partial charge in [0.1, 0.15) is 0 Å². The summed E-state index contributed by atoms with van der Waals surface area (Å²) in [7, 11) is 10.0. The first-order valence-electron chi connectivity index (χ1n) is 2.60. The van der Waals surface area contributed by atoms with Gasteiger partial charge in [-0.15, -0.1) is 12.3 Å². The second kappa shape index (κ2) is 204. The normalized spacial score (nSPS) is 3.40. The monoisotopic (exact) mass is 158 g/mol. The van der Waals surface area contributed by atoms with Crippen molar-refractivity contribution in [3.8, 4) is 12.3 Å². The fourth-order valence-electron chi connectivity index (χ4n) is 0. The van der Waals surface area contributed by atoms with Crippen LogP contribution in [0.4, 0.5) is 13.9 Å². The Hall–Kier alpha value is -0.455. The van der Waals surface area contributed by atoms with Gasteiger partial charge in [-0.25, -0.2) is 0 Å². The topological polar surface area (TPSA) is 0 Å². The molecular formula is C4H17B3F3. The van der Waals surface area contributed by atoms with Gasteiger partial charge < -0.3 is 0 Å². The predicted molar refractivity (Wildman–Crippen MR) is 51.7 cm³/mol. The van der Waals surface area contributed by atoms with E-state index in [4.69, 9.17) is 12.1 Å². The van der Waals surface area contributed by atoms with E-state index < -0.39 is 0 Å². The number of halogens is 3. The Labute approximate surface area is 71.6 Å². The lowest BCUT2D eigenvalue weighted by Crippen LogP contribution is -1.79. The van der Waals surface area contributed by atoms with E-state index in [9.17, 15) is 0 Å². The van der Waals surface area contributed by atoms with Crippen molar-refractivity contribution in [2.75, 3.05) is 0 Å². The van der Waals surface area contributed by atoms with Gasteiger partial charge in [-0.05, 0) is 6.92 Å². The molecule has 0 spiro atoms. The molecule has 0 aromatic carbocycles. The van der Waals surface area contributed by atoms with Crippen molar-refractivity contribution < 1.29 is 21.1 Å². The molecule has 0 unspecified atom stereocenters. The quantitative estimate of drug-likeness (QED) is 0.373. The molecule has 0 nitrogen and oxygen atoms in total. The molecule has 0 heterocycles. The van der Waals surface area contributed by atoms with Crippen LogP contribution in [-0.4, -0.2) is 22.5 Å². The summed E-state index contributed by atoms with van der Waals surface area (Å²) in [4.78, 5) is 0. The fourth-order valence-corrected chi connectivity index (χ4v) is 0. The lowest BCUT2D eigenvalue weighted by Gasteiger charge is -1.41. The van der Waals surface area contributed by atoms with Crippen molar-refractivity contribution in [2.24, 2.45) is 0 Å². The Morgan fingerprint density at radius 1 is 1.70 bits per heavy atom. The molecule has 6 heteroatoms. The number of rotatable bonds is 0. The molecule has 0 fully saturated rings. The largest absolute Gasteiger partial charge is 0.269 e. The lowest BCUT2D eigenvalue weighted by atomic mass is 9.40. The average molecular weight is 158 g/mol. The zero-order valence-electron chi connectivity index (χ0n) is 6.97. The highest BCUT2D eigenvalue weighted by atomic mass is 20.0. The molecule has 0 bridgehead atoms. The van der Waals surface area contributed by atoms with E-state index in [1.165, 1.54) is 0 Å². The van der Waals surface area contributed by atoms with Crippen molar-refractivity contribution in [3.05, 3.63) is 0 Å². The minimum atomic E-state index is 0. The zero-order valence-corrected chi connectivity index (χ0v) is 4.97. The molecule has 0 aliphatic carbocycles. The van der Waals surface area contributed by atoms with Gasteiger partial charge in [0, 0.05) is 38.9 Å². The van der Waals surface area contributed by atoms with Crippen LogP contribution < -0.4 is 0 Å². The molecule has 0 amide bonds. The van der Waals surface area contributed by atoms with Crippen molar-refractivity contribution in [1.29, 1.82) is 0 Å². The van der Waals surface area contributed by atoms with E-state index in [0.717, 1.165) is 7.06 Å². The van der Waals surface area contributed by atoms with Crippen molar-refractivity contribution in [3.63, 3.8) is 0 Å². The standard InChI is InChI=1S/C3H4.CH4.B3.F2.FH.4H2/c1-3-2;;1-3-2;1-2;;;;;/h1H,2H3;1H4;;;5*1H/i;;;;;1+1D;1+1;;. The fraction of sp³-hybridized carbons (Fsp3) is 0.500. The molecule has 0 aromatic heterocycles. The van der Waals surface area contributed by atoms with Gasteiger partial charge in [0.15, 0.2) is 0 Å². The highest BCUT2D eigenvalue weighted by molar-refractivity contribution is 7.17. The van der Waals surface area contributed by atoms with Gasteiger partial charge in [0.25, 0.3) is 0 Å². The number of hydrogen-bond acceptors (Lipinski definition) is 0. The highest BCUT2D eigenvalue weighted by Crippen LogP contribution is 1.42. The Kier molecular flexibility index (Phi) is 462. The first-order valence-corrected chi connectivity index (χ1v) is 1.60. The first kappa shape index (κ1) is 22.7. The smallest absolute Gasteiger partial charge is 0 e. The van der Waals surface area contributed by atoms with Gasteiger partial charge in [-0.1, -0.05) is 7.43 Å². The van der Waals surface area contributed by atoms with Gasteiger partial charge >= 0.3 is 0 Å². The molecule has 0 saturated heterocycles. The maximum absolute atomic E-state index is 8.00. The molecular weight excluding hydrogens is 137 g/mol. The lowest BCUT2D eigenvalue weighted by molar-refractivity contribution is 0.108. The maximum Gasteiger partial charge on any atom is 0 e. The van der Waals surface area contributed by atoms with Crippen molar-refractivity contribution >= 4 is 22.5 Å².